The number of aryl methyl sites for hydroxylation is 1. The van der Waals surface area contributed by atoms with E-state index in [-0.39, 0.29) is 40.6 Å². The summed E-state index contributed by atoms with van der Waals surface area (Å²) in [6.07, 6.45) is 7.45. The van der Waals surface area contributed by atoms with Gasteiger partial charge >= 0.3 is 11.7 Å². The molecule has 0 spiro atoms. The quantitative estimate of drug-likeness (QED) is 0.143. The van der Waals surface area contributed by atoms with Crippen LogP contribution in [0, 0.1) is 12.3 Å². The molecule has 0 fully saturated rings. The zero-order chi connectivity index (χ0) is 27.2. The molecule has 0 unspecified atom stereocenters. The predicted octanol–water partition coefficient (Wildman–Crippen LogP) is 3.13. The molecule has 38 heavy (non-hydrogen) atoms. The molecular weight excluding hydrogens is 486 g/mol. The van der Waals surface area contributed by atoms with Crippen LogP contribution in [0.5, 0.6) is 5.75 Å². The Labute approximate surface area is 217 Å². The third kappa shape index (κ3) is 4.94. The molecule has 10 nitrogen and oxygen atoms in total. The van der Waals surface area contributed by atoms with Crippen LogP contribution >= 0.6 is 0 Å². The van der Waals surface area contributed by atoms with E-state index in [4.69, 9.17) is 11.2 Å². The number of pyridine rings is 1. The summed E-state index contributed by atoms with van der Waals surface area (Å²) in [5.41, 5.74) is 5.85. The summed E-state index contributed by atoms with van der Waals surface area (Å²) in [5.74, 6) is 1.14. The summed E-state index contributed by atoms with van der Waals surface area (Å²) < 4.78 is 6.54. The van der Waals surface area contributed by atoms with Gasteiger partial charge in [0.1, 0.15) is 18.1 Å². The van der Waals surface area contributed by atoms with Crippen molar-refractivity contribution in [2.24, 2.45) is 0 Å². The minimum Gasteiger partial charge on any atom is -0.508 e. The fraction of sp³-hybridized carbons (Fsp3) is 0.107. The molecule has 4 aromatic rings. The van der Waals surface area contributed by atoms with Crippen molar-refractivity contribution >= 4 is 28.7 Å². The molecule has 2 heterocycles. The van der Waals surface area contributed by atoms with Crippen molar-refractivity contribution in [1.29, 1.82) is 0 Å². The Hall–Kier alpha value is -5.43. The lowest BCUT2D eigenvalue weighted by molar-refractivity contribution is 0.0547. The minimum absolute atomic E-state index is 0.00206. The Kier molecular flexibility index (Phi) is 7.49. The number of ether oxygens (including phenoxy) is 1. The molecule has 10 heteroatoms. The number of esters is 1. The standard InChI is InChI=1S/C28H23N5O5/c1-4-16-38-27(36)22-20(5-2)23-24(31-32-26(35)17-12-14-19(34)15-13-17)30-28(37)33(18-10-8-7-9-11-18)25(23)29-21(22)6-3/h3-4,7-15,34H,1,5,16H2,2H3,(H,32,35)(H,30,31,37). The summed E-state index contributed by atoms with van der Waals surface area (Å²) in [6, 6.07) is 14.3. The Bertz CT molecular complexity index is 1640. The van der Waals surface area contributed by atoms with Crippen LogP contribution in [0.2, 0.25) is 0 Å². The summed E-state index contributed by atoms with van der Waals surface area (Å²) in [5, 5.41) is 9.78. The molecule has 0 saturated carbocycles. The first-order valence-corrected chi connectivity index (χ1v) is 11.5. The summed E-state index contributed by atoms with van der Waals surface area (Å²) in [6.45, 7) is 5.32. The van der Waals surface area contributed by atoms with Crippen LogP contribution in [0.1, 0.15) is 38.9 Å². The van der Waals surface area contributed by atoms with Gasteiger partial charge in [-0.25, -0.2) is 19.1 Å². The molecule has 1 amide bonds. The van der Waals surface area contributed by atoms with Gasteiger partial charge in [-0.1, -0.05) is 37.8 Å². The smallest absolute Gasteiger partial charge is 0.355 e. The number of benzene rings is 2. The predicted molar refractivity (Wildman–Crippen MR) is 142 cm³/mol. The highest BCUT2D eigenvalue weighted by Gasteiger charge is 2.26. The highest BCUT2D eigenvalue weighted by atomic mass is 16.5. The van der Waals surface area contributed by atoms with Crippen LogP contribution < -0.4 is 16.5 Å². The maximum absolute atomic E-state index is 13.2. The number of nitrogens with one attached hydrogen (secondary N) is 2. The fourth-order valence-corrected chi connectivity index (χ4v) is 3.91. The molecule has 4 rings (SSSR count). The van der Waals surface area contributed by atoms with Gasteiger partial charge < -0.3 is 9.84 Å². The van der Waals surface area contributed by atoms with Crippen molar-refractivity contribution in [1.82, 2.24) is 20.0 Å². The number of hydrogen-bond acceptors (Lipinski definition) is 8. The number of rotatable bonds is 8. The molecule has 190 valence electrons. The second kappa shape index (κ2) is 11.1. The number of fused-ring (bicyclic) bond motifs is 1. The van der Waals surface area contributed by atoms with E-state index in [1.54, 1.807) is 37.3 Å². The van der Waals surface area contributed by atoms with Gasteiger partial charge in [-0.3, -0.25) is 15.6 Å². The van der Waals surface area contributed by atoms with Crippen LogP contribution in [0.4, 0.5) is 5.82 Å². The molecule has 0 aliphatic carbocycles. The fourth-order valence-electron chi connectivity index (χ4n) is 3.91. The molecule has 2 aromatic heterocycles. The number of amides is 1. The topological polar surface area (TPSA) is 135 Å². The molecule has 3 N–H and O–H groups in total. The molecule has 0 bridgehead atoms. The number of nitrogens with zero attached hydrogens (tertiary/aromatic N) is 3. The molecule has 0 aliphatic rings. The SMILES string of the molecule is C#Cc1nc2c(c(NNC(=O)c3ccc(O)cc3)nc(=O)n2-c2ccccc2)c(CC)c1C(=O)OCC=C. The van der Waals surface area contributed by atoms with E-state index in [9.17, 15) is 19.5 Å². The first-order chi connectivity index (χ1) is 18.4. The zero-order valence-electron chi connectivity index (χ0n) is 20.4. The average molecular weight is 510 g/mol. The maximum Gasteiger partial charge on any atom is 0.355 e. The van der Waals surface area contributed by atoms with Crippen molar-refractivity contribution in [3.05, 3.63) is 100 Å². The van der Waals surface area contributed by atoms with Gasteiger partial charge in [-0.15, -0.1) is 6.42 Å². The largest absolute Gasteiger partial charge is 0.508 e. The van der Waals surface area contributed by atoms with Gasteiger partial charge in [0, 0.05) is 5.56 Å². The normalized spacial score (nSPS) is 10.4. The Morgan fingerprint density at radius 1 is 1.16 bits per heavy atom. The Balaban J connectivity index is 1.95. The maximum atomic E-state index is 13.2. The minimum atomic E-state index is -0.708. The van der Waals surface area contributed by atoms with Gasteiger partial charge in [-0.2, -0.15) is 4.98 Å². The number of anilines is 1. The van der Waals surface area contributed by atoms with Crippen LogP contribution in [-0.4, -0.2) is 38.1 Å². The number of carbonyl (C=O) groups is 2. The lowest BCUT2D eigenvalue weighted by Gasteiger charge is -2.19. The van der Waals surface area contributed by atoms with Crippen LogP contribution in [0.3, 0.4) is 0 Å². The zero-order valence-corrected chi connectivity index (χ0v) is 20.4. The van der Waals surface area contributed by atoms with E-state index in [1.165, 1.54) is 34.9 Å². The van der Waals surface area contributed by atoms with Gasteiger partial charge in [0.25, 0.3) is 5.91 Å². The van der Waals surface area contributed by atoms with E-state index < -0.39 is 17.6 Å². The molecule has 0 saturated heterocycles. The first-order valence-electron chi connectivity index (χ1n) is 11.5. The van der Waals surface area contributed by atoms with E-state index in [2.05, 4.69) is 33.3 Å². The average Bonchev–Trinajstić information content (AvgIpc) is 2.94. The van der Waals surface area contributed by atoms with Gasteiger partial charge in [-0.05, 0) is 54.3 Å². The van der Waals surface area contributed by atoms with Gasteiger partial charge in [0.05, 0.1) is 16.6 Å². The van der Waals surface area contributed by atoms with Crippen molar-refractivity contribution in [2.75, 3.05) is 12.0 Å². The molecule has 0 radical (unpaired) electrons. The number of hydrogen-bond donors (Lipinski definition) is 3. The van der Waals surface area contributed by atoms with Crippen molar-refractivity contribution in [3.63, 3.8) is 0 Å². The van der Waals surface area contributed by atoms with Crippen LogP contribution in [-0.2, 0) is 11.2 Å². The second-order valence-electron chi connectivity index (χ2n) is 7.94. The van der Waals surface area contributed by atoms with E-state index in [1.807, 2.05) is 0 Å². The number of aromatic nitrogens is 3. The van der Waals surface area contributed by atoms with E-state index in [0.29, 0.717) is 23.1 Å². The van der Waals surface area contributed by atoms with Gasteiger partial charge in [0.15, 0.2) is 11.5 Å². The second-order valence-corrected chi connectivity index (χ2v) is 7.94. The molecule has 2 aromatic carbocycles. The number of phenolic OH excluding ortho intramolecular Hbond substituents is 1. The lowest BCUT2D eigenvalue weighted by atomic mass is 9.99. The third-order valence-electron chi connectivity index (χ3n) is 5.59. The molecule has 0 aliphatic heterocycles. The highest BCUT2D eigenvalue weighted by Crippen LogP contribution is 2.30. The monoisotopic (exact) mass is 509 g/mol. The van der Waals surface area contributed by atoms with Crippen LogP contribution in [0.15, 0.2) is 72.0 Å². The van der Waals surface area contributed by atoms with Gasteiger partial charge in [0.2, 0.25) is 0 Å². The summed E-state index contributed by atoms with van der Waals surface area (Å²) >= 11 is 0. The lowest BCUT2D eigenvalue weighted by Crippen LogP contribution is -2.33. The molecule has 0 atom stereocenters. The Morgan fingerprint density at radius 2 is 1.87 bits per heavy atom. The molecular formula is C28H23N5O5. The summed E-state index contributed by atoms with van der Waals surface area (Å²) in [4.78, 5) is 47.6. The first kappa shape index (κ1) is 25.7. The number of phenols is 1. The number of hydrazine groups is 1. The van der Waals surface area contributed by atoms with Crippen LogP contribution in [0.25, 0.3) is 16.7 Å². The van der Waals surface area contributed by atoms with E-state index >= 15 is 0 Å². The summed E-state index contributed by atoms with van der Waals surface area (Å²) in [7, 11) is 0. The third-order valence-corrected chi connectivity index (χ3v) is 5.59. The Morgan fingerprint density at radius 3 is 2.50 bits per heavy atom. The van der Waals surface area contributed by atoms with Crippen molar-refractivity contribution in [2.45, 2.75) is 13.3 Å². The van der Waals surface area contributed by atoms with Crippen molar-refractivity contribution in [3.8, 4) is 23.8 Å². The van der Waals surface area contributed by atoms with Crippen molar-refractivity contribution < 1.29 is 19.4 Å². The van der Waals surface area contributed by atoms with E-state index in [0.717, 1.165) is 0 Å². The number of aromatic hydroxyl groups is 1. The highest BCUT2D eigenvalue weighted by molar-refractivity contribution is 6.03. The number of carbonyl (C=O) groups excluding carboxylic acids is 2. The number of terminal acetylenes is 1. The number of para-hydroxylation sites is 1.